The van der Waals surface area contributed by atoms with E-state index in [2.05, 4.69) is 22.1 Å². The fraction of sp³-hybridized carbons (Fsp3) is 0.600. The quantitative estimate of drug-likeness (QED) is 0.427. The molecule has 0 rings (SSSR count). The summed E-state index contributed by atoms with van der Waals surface area (Å²) in [5.41, 5.74) is 2.11. The van der Waals surface area contributed by atoms with Gasteiger partial charge in [0, 0.05) is 7.05 Å². The van der Waals surface area contributed by atoms with Crippen LogP contribution in [-0.4, -0.2) is 19.2 Å². The molecule has 0 fully saturated rings. The van der Waals surface area contributed by atoms with Crippen molar-refractivity contribution in [3.05, 3.63) is 7.05 Å². The number of hydroxylamine groups is 1. The van der Waals surface area contributed by atoms with Crippen LogP contribution in [0.25, 0.3) is 0 Å². The summed E-state index contributed by atoms with van der Waals surface area (Å²) in [4.78, 5) is 14.8. The van der Waals surface area contributed by atoms with E-state index in [1.165, 1.54) is 0 Å². The number of nitrogens with one attached hydrogen (secondary N) is 1. The monoisotopic (exact) mass is 132 g/mol. The predicted octanol–water partition coefficient (Wildman–Crippen LogP) is -0.138. The Morgan fingerprint density at radius 2 is 2.44 bits per heavy atom. The summed E-state index contributed by atoms with van der Waals surface area (Å²) in [5, 5.41) is 0. The molecule has 0 spiro atoms. The lowest BCUT2D eigenvalue weighted by atomic mass is 10.7. The Bertz CT molecular complexity index is 84.3. The zero-order valence-electron chi connectivity index (χ0n) is 5.35. The molecule has 0 aliphatic carbocycles. The molecule has 0 heterocycles. The van der Waals surface area contributed by atoms with Crippen LogP contribution in [0, 0.1) is 7.05 Å². The minimum atomic E-state index is -0.395. The van der Waals surface area contributed by atoms with Gasteiger partial charge in [-0.2, -0.15) is 0 Å². The summed E-state index contributed by atoms with van der Waals surface area (Å²) in [7, 11) is 3.14. The van der Waals surface area contributed by atoms with Crippen LogP contribution in [-0.2, 0) is 14.4 Å². The van der Waals surface area contributed by atoms with E-state index < -0.39 is 5.97 Å². The highest BCUT2D eigenvalue weighted by Gasteiger charge is 1.98. The molecule has 0 aromatic carbocycles. The van der Waals surface area contributed by atoms with Gasteiger partial charge in [-0.3, -0.25) is 4.84 Å². The number of hydrogen-bond acceptors (Lipinski definition) is 4. The van der Waals surface area contributed by atoms with Gasteiger partial charge in [0.15, 0.2) is 6.61 Å². The molecule has 0 bridgehead atoms. The first kappa shape index (κ1) is 8.39. The van der Waals surface area contributed by atoms with Crippen molar-refractivity contribution in [3.8, 4) is 0 Å². The number of carbonyl (C=O) groups is 1. The van der Waals surface area contributed by atoms with Gasteiger partial charge < -0.3 is 4.74 Å². The van der Waals surface area contributed by atoms with Gasteiger partial charge in [0.25, 0.3) is 0 Å². The van der Waals surface area contributed by atoms with E-state index in [-0.39, 0.29) is 6.61 Å². The van der Waals surface area contributed by atoms with Crippen LogP contribution in [0.5, 0.6) is 0 Å². The summed E-state index contributed by atoms with van der Waals surface area (Å²) < 4.78 is 4.51. The summed E-state index contributed by atoms with van der Waals surface area (Å²) >= 11 is 0. The largest absolute Gasteiger partial charge is 0.464 e. The topological polar surface area (TPSA) is 47.6 Å². The van der Waals surface area contributed by atoms with Crippen molar-refractivity contribution in [1.82, 2.24) is 5.48 Å². The Balaban J connectivity index is 3.06. The van der Waals surface area contributed by atoms with Crippen LogP contribution in [0.3, 0.4) is 0 Å². The minimum Gasteiger partial charge on any atom is -0.464 e. The number of ether oxygens (including phenoxy) is 1. The molecule has 0 aliphatic heterocycles. The SMILES string of the molecule is [CH2]NOCC(=O)OCC. The van der Waals surface area contributed by atoms with Crippen molar-refractivity contribution < 1.29 is 14.4 Å². The third-order valence-electron chi connectivity index (χ3n) is 0.597. The van der Waals surface area contributed by atoms with Crippen molar-refractivity contribution in [3.63, 3.8) is 0 Å². The Hall–Kier alpha value is -0.610. The Kier molecular flexibility index (Phi) is 5.15. The van der Waals surface area contributed by atoms with Gasteiger partial charge >= 0.3 is 5.97 Å². The van der Waals surface area contributed by atoms with Crippen molar-refractivity contribution in [1.29, 1.82) is 0 Å². The van der Waals surface area contributed by atoms with Crippen molar-refractivity contribution >= 4 is 5.97 Å². The lowest BCUT2D eigenvalue weighted by Crippen LogP contribution is -2.16. The average molecular weight is 132 g/mol. The molecular formula is C5H10NO3. The van der Waals surface area contributed by atoms with E-state index in [1.54, 1.807) is 6.92 Å². The number of rotatable bonds is 4. The minimum absolute atomic E-state index is 0.0999. The maximum Gasteiger partial charge on any atom is 0.334 e. The molecule has 0 aromatic rings. The first-order valence-corrected chi connectivity index (χ1v) is 2.60. The molecule has 53 valence electrons. The summed E-state index contributed by atoms with van der Waals surface area (Å²) in [6.07, 6.45) is 0. The van der Waals surface area contributed by atoms with Crippen molar-refractivity contribution in [2.45, 2.75) is 6.92 Å². The summed E-state index contributed by atoms with van der Waals surface area (Å²) in [6.45, 7) is 2.01. The van der Waals surface area contributed by atoms with E-state index in [0.29, 0.717) is 6.61 Å². The fourth-order valence-corrected chi connectivity index (χ4v) is 0.313. The highest BCUT2D eigenvalue weighted by Crippen LogP contribution is 1.76. The fourth-order valence-electron chi connectivity index (χ4n) is 0.313. The molecule has 1 radical (unpaired) electrons. The molecule has 4 nitrogen and oxygen atoms in total. The molecule has 0 amide bonds. The molecular weight excluding hydrogens is 122 g/mol. The van der Waals surface area contributed by atoms with Crippen LogP contribution in [0.2, 0.25) is 0 Å². The lowest BCUT2D eigenvalue weighted by molar-refractivity contribution is -0.150. The average Bonchev–Trinajstić information content (AvgIpc) is 1.85. The highest BCUT2D eigenvalue weighted by atomic mass is 16.7. The maximum atomic E-state index is 10.4. The first-order chi connectivity index (χ1) is 4.31. The van der Waals surface area contributed by atoms with Crippen LogP contribution in [0.15, 0.2) is 0 Å². The van der Waals surface area contributed by atoms with E-state index >= 15 is 0 Å². The van der Waals surface area contributed by atoms with Gasteiger partial charge in [-0.25, -0.2) is 10.3 Å². The van der Waals surface area contributed by atoms with Gasteiger partial charge in [0.1, 0.15) is 0 Å². The zero-order chi connectivity index (χ0) is 7.11. The number of hydrogen-bond donors (Lipinski definition) is 1. The molecule has 0 unspecified atom stereocenters. The second-order valence-electron chi connectivity index (χ2n) is 1.24. The first-order valence-electron chi connectivity index (χ1n) is 2.60. The van der Waals surface area contributed by atoms with Crippen LogP contribution in [0.4, 0.5) is 0 Å². The third-order valence-corrected chi connectivity index (χ3v) is 0.597. The summed E-state index contributed by atoms with van der Waals surface area (Å²) in [5.74, 6) is -0.395. The van der Waals surface area contributed by atoms with E-state index in [4.69, 9.17) is 0 Å². The van der Waals surface area contributed by atoms with Crippen LogP contribution in [0.1, 0.15) is 6.92 Å². The molecule has 9 heavy (non-hydrogen) atoms. The Labute approximate surface area is 54.1 Å². The van der Waals surface area contributed by atoms with Gasteiger partial charge in [0.2, 0.25) is 0 Å². The van der Waals surface area contributed by atoms with Crippen molar-refractivity contribution in [2.75, 3.05) is 13.2 Å². The third kappa shape index (κ3) is 5.26. The van der Waals surface area contributed by atoms with Gasteiger partial charge in [0.05, 0.1) is 6.61 Å². The molecule has 0 saturated carbocycles. The molecule has 1 N–H and O–H groups in total. The smallest absolute Gasteiger partial charge is 0.334 e. The standard InChI is InChI=1S/C5H10NO3/c1-3-8-5(7)4-9-6-2/h6H,2-4H2,1H3. The zero-order valence-corrected chi connectivity index (χ0v) is 5.35. The lowest BCUT2D eigenvalue weighted by Gasteiger charge is -1.99. The van der Waals surface area contributed by atoms with Crippen LogP contribution < -0.4 is 5.48 Å². The predicted molar refractivity (Wildman–Crippen MR) is 31.1 cm³/mol. The summed E-state index contributed by atoms with van der Waals surface area (Å²) in [6, 6.07) is 0. The van der Waals surface area contributed by atoms with Crippen LogP contribution >= 0.6 is 0 Å². The molecule has 4 heteroatoms. The van der Waals surface area contributed by atoms with Gasteiger partial charge in [-0.05, 0) is 6.92 Å². The maximum absolute atomic E-state index is 10.4. The van der Waals surface area contributed by atoms with Gasteiger partial charge in [-0.15, -0.1) is 0 Å². The second kappa shape index (κ2) is 5.53. The number of carbonyl (C=O) groups excluding carboxylic acids is 1. The normalized spacial score (nSPS) is 9.11. The van der Waals surface area contributed by atoms with E-state index in [1.807, 2.05) is 0 Å². The number of esters is 1. The molecule has 0 aliphatic rings. The second-order valence-corrected chi connectivity index (χ2v) is 1.24. The van der Waals surface area contributed by atoms with E-state index in [0.717, 1.165) is 0 Å². The van der Waals surface area contributed by atoms with Gasteiger partial charge in [-0.1, -0.05) is 0 Å². The Morgan fingerprint density at radius 3 is 2.89 bits per heavy atom. The molecule has 0 aromatic heterocycles. The Morgan fingerprint density at radius 1 is 1.78 bits per heavy atom. The highest BCUT2D eigenvalue weighted by molar-refractivity contribution is 5.70. The van der Waals surface area contributed by atoms with E-state index in [9.17, 15) is 4.79 Å². The molecule has 0 atom stereocenters. The van der Waals surface area contributed by atoms with Crippen molar-refractivity contribution in [2.24, 2.45) is 0 Å². The molecule has 0 saturated heterocycles.